The minimum Gasteiger partial charge on any atom is -0.505 e. The molecular weight excluding hydrogens is 415 g/mol. The third-order valence-corrected chi connectivity index (χ3v) is 5.07. The summed E-state index contributed by atoms with van der Waals surface area (Å²) in [5.41, 5.74) is 0.802. The number of ether oxygens (including phenoxy) is 1. The van der Waals surface area contributed by atoms with Gasteiger partial charge in [0.2, 0.25) is 0 Å². The van der Waals surface area contributed by atoms with Crippen LogP contribution in [0.5, 0.6) is 11.5 Å². The van der Waals surface area contributed by atoms with Gasteiger partial charge in [-0.05, 0) is 49.2 Å². The maximum Gasteiger partial charge on any atom is 0.387 e. The molecule has 0 aliphatic heterocycles. The van der Waals surface area contributed by atoms with Crippen molar-refractivity contribution < 1.29 is 37.7 Å². The Bertz CT molecular complexity index is 1140. The van der Waals surface area contributed by atoms with E-state index in [1.54, 1.807) is 6.92 Å². The van der Waals surface area contributed by atoms with E-state index in [9.17, 15) is 33.0 Å². The topological polar surface area (TPSA) is 88.8 Å². The van der Waals surface area contributed by atoms with Gasteiger partial charge in [-0.15, -0.1) is 0 Å². The standard InChI is InChI=1S/C22H20F3NO5/c1-3-4-14(21(29)30)19-11(2)26(17-10-16(23)18(27)9-15(17)19)20(28)12-5-7-13(8-6-12)31-22(24)25/h5-10,14,22,27H,3-4H2,1-2H3,(H,29,30). The van der Waals surface area contributed by atoms with Gasteiger partial charge in [-0.2, -0.15) is 8.78 Å². The SMILES string of the molecule is CCCC(C(=O)O)c1c(C)n(C(=O)c2ccc(OC(F)F)cc2)c2cc(F)c(O)cc12. The normalized spacial score (nSPS) is 12.3. The van der Waals surface area contributed by atoms with E-state index in [4.69, 9.17) is 0 Å². The third-order valence-electron chi connectivity index (χ3n) is 5.07. The molecule has 164 valence electrons. The highest BCUT2D eigenvalue weighted by Gasteiger charge is 2.29. The average molecular weight is 435 g/mol. The Labute approximate surface area is 175 Å². The molecule has 0 radical (unpaired) electrons. The number of benzene rings is 2. The molecule has 31 heavy (non-hydrogen) atoms. The van der Waals surface area contributed by atoms with Crippen molar-refractivity contribution in [3.63, 3.8) is 0 Å². The van der Waals surface area contributed by atoms with Gasteiger partial charge in [0.1, 0.15) is 5.75 Å². The second-order valence-corrected chi connectivity index (χ2v) is 7.04. The van der Waals surface area contributed by atoms with Crippen LogP contribution in [-0.4, -0.2) is 33.3 Å². The van der Waals surface area contributed by atoms with Gasteiger partial charge in [-0.1, -0.05) is 13.3 Å². The highest BCUT2D eigenvalue weighted by Crippen LogP contribution is 2.37. The summed E-state index contributed by atoms with van der Waals surface area (Å²) in [6.07, 6.45) is 0.830. The Morgan fingerprint density at radius 3 is 2.35 bits per heavy atom. The number of nitrogens with zero attached hydrogens (tertiary/aromatic N) is 1. The van der Waals surface area contributed by atoms with Crippen LogP contribution in [0.4, 0.5) is 13.2 Å². The monoisotopic (exact) mass is 435 g/mol. The zero-order valence-corrected chi connectivity index (χ0v) is 16.7. The molecule has 6 nitrogen and oxygen atoms in total. The fourth-order valence-electron chi connectivity index (χ4n) is 3.74. The Morgan fingerprint density at radius 1 is 1.16 bits per heavy atom. The highest BCUT2D eigenvalue weighted by atomic mass is 19.3. The molecule has 9 heteroatoms. The molecule has 1 atom stereocenters. The first-order chi connectivity index (χ1) is 14.6. The molecule has 2 aromatic carbocycles. The summed E-state index contributed by atoms with van der Waals surface area (Å²) in [6.45, 7) is 0.347. The van der Waals surface area contributed by atoms with Gasteiger partial charge in [-0.3, -0.25) is 14.2 Å². The summed E-state index contributed by atoms with van der Waals surface area (Å²) in [6, 6.07) is 7.04. The number of fused-ring (bicyclic) bond motifs is 1. The zero-order valence-electron chi connectivity index (χ0n) is 16.7. The molecule has 0 saturated heterocycles. The lowest BCUT2D eigenvalue weighted by Crippen LogP contribution is -2.16. The van der Waals surface area contributed by atoms with Gasteiger partial charge < -0.3 is 14.9 Å². The summed E-state index contributed by atoms with van der Waals surface area (Å²) in [4.78, 5) is 25.1. The number of aliphatic carboxylic acids is 1. The van der Waals surface area contributed by atoms with Gasteiger partial charge in [0, 0.05) is 22.7 Å². The third kappa shape index (κ3) is 4.21. The van der Waals surface area contributed by atoms with E-state index < -0.39 is 36.0 Å². The molecule has 2 N–H and O–H groups in total. The van der Waals surface area contributed by atoms with Gasteiger partial charge in [0.25, 0.3) is 5.91 Å². The van der Waals surface area contributed by atoms with E-state index in [0.717, 1.165) is 12.1 Å². The minimum atomic E-state index is -3.01. The molecule has 3 rings (SSSR count). The number of alkyl halides is 2. The van der Waals surface area contributed by atoms with Crippen molar-refractivity contribution in [2.75, 3.05) is 0 Å². The molecule has 0 spiro atoms. The van der Waals surface area contributed by atoms with Crippen LogP contribution in [0.3, 0.4) is 0 Å². The molecule has 1 heterocycles. The number of hydrogen-bond donors (Lipinski definition) is 2. The first-order valence-electron chi connectivity index (χ1n) is 9.51. The van der Waals surface area contributed by atoms with Crippen molar-refractivity contribution in [1.82, 2.24) is 4.57 Å². The Hall–Kier alpha value is -3.49. The molecular formula is C22H20F3NO5. The maximum atomic E-state index is 14.1. The molecule has 1 unspecified atom stereocenters. The molecule has 1 aromatic heterocycles. The van der Waals surface area contributed by atoms with Crippen LogP contribution in [-0.2, 0) is 4.79 Å². The van der Waals surface area contributed by atoms with E-state index in [2.05, 4.69) is 4.74 Å². The Kier molecular flexibility index (Phi) is 6.24. The zero-order chi connectivity index (χ0) is 22.9. The number of rotatable bonds is 7. The van der Waals surface area contributed by atoms with Crippen LogP contribution in [0.15, 0.2) is 36.4 Å². The van der Waals surface area contributed by atoms with Crippen molar-refractivity contribution in [2.45, 2.75) is 39.2 Å². The predicted octanol–water partition coefficient (Wildman–Crippen LogP) is 5.05. The lowest BCUT2D eigenvalue weighted by molar-refractivity contribution is -0.139. The summed E-state index contributed by atoms with van der Waals surface area (Å²) in [7, 11) is 0. The molecule has 0 saturated carbocycles. The van der Waals surface area contributed by atoms with E-state index in [-0.39, 0.29) is 28.6 Å². The first-order valence-corrected chi connectivity index (χ1v) is 9.51. The molecule has 3 aromatic rings. The number of carbonyl (C=O) groups is 2. The number of carbonyl (C=O) groups excluding carboxylic acids is 1. The summed E-state index contributed by atoms with van der Waals surface area (Å²) >= 11 is 0. The Morgan fingerprint density at radius 2 is 1.81 bits per heavy atom. The van der Waals surface area contributed by atoms with Crippen LogP contribution < -0.4 is 4.74 Å². The second kappa shape index (κ2) is 8.71. The van der Waals surface area contributed by atoms with Gasteiger partial charge in [0.05, 0.1) is 11.4 Å². The fourth-order valence-corrected chi connectivity index (χ4v) is 3.74. The van der Waals surface area contributed by atoms with Crippen molar-refractivity contribution in [1.29, 1.82) is 0 Å². The summed E-state index contributed by atoms with van der Waals surface area (Å²) < 4.78 is 44.3. The summed E-state index contributed by atoms with van der Waals surface area (Å²) in [5.74, 6) is -4.43. The molecule has 0 aliphatic carbocycles. The number of halogens is 3. The number of phenols is 1. The van der Waals surface area contributed by atoms with Crippen LogP contribution in [0, 0.1) is 12.7 Å². The van der Waals surface area contributed by atoms with Crippen LogP contribution in [0.25, 0.3) is 10.9 Å². The van der Waals surface area contributed by atoms with Crippen molar-refractivity contribution in [3.05, 3.63) is 59.0 Å². The Balaban J connectivity index is 2.20. The predicted molar refractivity (Wildman–Crippen MR) is 106 cm³/mol. The molecule has 0 fully saturated rings. The van der Waals surface area contributed by atoms with E-state index in [0.29, 0.717) is 17.7 Å². The van der Waals surface area contributed by atoms with Crippen LogP contribution in [0.1, 0.15) is 47.3 Å². The number of aromatic nitrogens is 1. The highest BCUT2D eigenvalue weighted by molar-refractivity contribution is 6.05. The number of phenolic OH excluding ortho intramolecular Hbond substituents is 1. The van der Waals surface area contributed by atoms with Crippen LogP contribution >= 0.6 is 0 Å². The summed E-state index contributed by atoms with van der Waals surface area (Å²) in [5, 5.41) is 19.8. The largest absolute Gasteiger partial charge is 0.505 e. The average Bonchev–Trinajstić information content (AvgIpc) is 2.96. The van der Waals surface area contributed by atoms with Gasteiger partial charge in [-0.25, -0.2) is 4.39 Å². The molecule has 0 amide bonds. The maximum absolute atomic E-state index is 14.1. The van der Waals surface area contributed by atoms with E-state index in [1.165, 1.54) is 28.8 Å². The van der Waals surface area contributed by atoms with Crippen molar-refractivity contribution in [3.8, 4) is 11.5 Å². The fraction of sp³-hybridized carbons (Fsp3) is 0.273. The number of carboxylic acids is 1. The lowest BCUT2D eigenvalue weighted by Gasteiger charge is -2.13. The number of aromatic hydroxyl groups is 1. The quantitative estimate of drug-likeness (QED) is 0.542. The lowest BCUT2D eigenvalue weighted by atomic mass is 9.92. The minimum absolute atomic E-state index is 0.100. The van der Waals surface area contributed by atoms with E-state index >= 15 is 0 Å². The molecule has 0 aliphatic rings. The van der Waals surface area contributed by atoms with Crippen molar-refractivity contribution in [2.24, 2.45) is 0 Å². The first kappa shape index (κ1) is 22.2. The second-order valence-electron chi connectivity index (χ2n) is 7.04. The number of carboxylic acid groups (broad SMARTS) is 1. The molecule has 0 bridgehead atoms. The van der Waals surface area contributed by atoms with Gasteiger partial charge >= 0.3 is 12.6 Å². The van der Waals surface area contributed by atoms with Crippen molar-refractivity contribution >= 4 is 22.8 Å². The van der Waals surface area contributed by atoms with Crippen LogP contribution in [0.2, 0.25) is 0 Å². The smallest absolute Gasteiger partial charge is 0.387 e. The van der Waals surface area contributed by atoms with Gasteiger partial charge in [0.15, 0.2) is 11.6 Å². The van der Waals surface area contributed by atoms with E-state index in [1.807, 2.05) is 6.92 Å². The number of hydrogen-bond acceptors (Lipinski definition) is 4.